The summed E-state index contributed by atoms with van der Waals surface area (Å²) in [5, 5.41) is 12.0. The lowest BCUT2D eigenvalue weighted by atomic mass is 10.0. The van der Waals surface area contributed by atoms with Crippen molar-refractivity contribution in [2.45, 2.75) is 94.5 Å². The fraction of sp³-hybridized carbons (Fsp3) is 0.243. The first-order valence-electron chi connectivity index (χ1n) is 31.5. The quantitative estimate of drug-likeness (QED) is 0.0362. The lowest BCUT2D eigenvalue weighted by molar-refractivity contribution is -0.151. The zero-order valence-corrected chi connectivity index (χ0v) is 59.2. The van der Waals surface area contributed by atoms with Gasteiger partial charge in [0.05, 0.1) is 32.7 Å². The number of benzene rings is 6. The van der Waals surface area contributed by atoms with Crippen LogP contribution in [0.1, 0.15) is 68.2 Å². The first-order chi connectivity index (χ1) is 49.1. The van der Waals surface area contributed by atoms with E-state index in [1.807, 2.05) is 19.1 Å². The predicted octanol–water partition coefficient (Wildman–Crippen LogP) is 16.9. The van der Waals surface area contributed by atoms with Crippen LogP contribution in [0.3, 0.4) is 0 Å². The molecule has 0 atom stereocenters. The summed E-state index contributed by atoms with van der Waals surface area (Å²) in [4.78, 5) is 82.1. The third-order valence-electron chi connectivity index (χ3n) is 16.5. The number of aliphatic carboxylic acids is 1. The smallest absolute Gasteiger partial charge is 0.350 e. The van der Waals surface area contributed by atoms with Gasteiger partial charge in [0.25, 0.3) is 0 Å². The average molecular weight is 1510 g/mol. The number of halogens is 9. The van der Waals surface area contributed by atoms with E-state index in [1.54, 1.807) is 105 Å². The number of aryl methyl sites for hydroxylation is 3. The summed E-state index contributed by atoms with van der Waals surface area (Å²) in [5.41, 5.74) is 1.71. The second-order valence-corrected chi connectivity index (χ2v) is 26.3. The number of esters is 3. The summed E-state index contributed by atoms with van der Waals surface area (Å²) < 4.78 is 92.3. The van der Waals surface area contributed by atoms with Gasteiger partial charge in [-0.25, -0.2) is 56.7 Å². The molecule has 20 nitrogen and oxygen atoms in total. The van der Waals surface area contributed by atoms with Gasteiger partial charge in [0.1, 0.15) is 5.15 Å². The highest BCUT2D eigenvalue weighted by atomic mass is 35.5. The zero-order chi connectivity index (χ0) is 73.7. The van der Waals surface area contributed by atoms with Crippen molar-refractivity contribution in [3.05, 3.63) is 211 Å². The highest BCUT2D eigenvalue weighted by Gasteiger charge is 2.57. The molecule has 4 aromatic heterocycles. The lowest BCUT2D eigenvalue weighted by Crippen LogP contribution is -2.31. The van der Waals surface area contributed by atoms with Gasteiger partial charge in [-0.2, -0.15) is 19.9 Å². The molecule has 530 valence electrons. The van der Waals surface area contributed by atoms with Crippen molar-refractivity contribution in [3.63, 3.8) is 0 Å². The summed E-state index contributed by atoms with van der Waals surface area (Å²) in [6, 6.07) is 38.3. The molecule has 1 N–H and O–H groups in total. The molecule has 4 aliphatic rings. The molecule has 0 radical (unpaired) electrons. The largest absolute Gasteiger partial charge is 0.478 e. The van der Waals surface area contributed by atoms with Crippen LogP contribution in [0.25, 0.3) is 68.1 Å². The summed E-state index contributed by atoms with van der Waals surface area (Å²) >= 11 is 29.7. The van der Waals surface area contributed by atoms with E-state index < -0.39 is 63.6 Å². The molecule has 103 heavy (non-hydrogen) atoms. The fourth-order valence-corrected chi connectivity index (χ4v) is 10.9. The summed E-state index contributed by atoms with van der Waals surface area (Å²) in [7, 11) is 3.98. The number of carbonyl (C=O) groups is 4. The minimum absolute atomic E-state index is 0.0454. The van der Waals surface area contributed by atoms with Gasteiger partial charge in [-0.05, 0) is 153 Å². The Kier molecular flexibility index (Phi) is 22.2. The standard InChI is InChI=1S/C22H17ClF2N2O3.C21H15ClF2N2O3.C16H15ClN2O3.C15H12Cl2N2O3/c1-12-9-16(24)17(25)10-15(12)18-11-19(30-22(7-8-22)21(28)29-2)27-20(26-18)13-3-5-14(23)6-4-13;1-11-8-15(23)16(24)9-14(11)17-10-18(29-21(6-7-21)20(27)28)26-19(25-17)12-2-4-13(22)5-3-12;1-10-9-13(22-16(7-8-16)15(20)21-2)19-14(18-10)11-3-5-12(17)6-4-11;1-21-14(20)15(6-7-15)22-12-8-11(17)18-13(19-12)9-2-4-10(16)5-3-9/h3-6,9-11H,7-8H2,1-2H3;2-5,8-10H,6-7H2,1H3,(H,27,28);3-6,9H,7-8H2,1-2H3;2-5,8H,6-7H2,1H3. The molecule has 0 spiro atoms. The van der Waals surface area contributed by atoms with Crippen molar-refractivity contribution in [3.8, 4) is 91.6 Å². The van der Waals surface area contributed by atoms with Crippen LogP contribution >= 0.6 is 58.0 Å². The summed E-state index contributed by atoms with van der Waals surface area (Å²) in [6.07, 6.45) is 4.19. The van der Waals surface area contributed by atoms with Gasteiger partial charge in [-0.3, -0.25) is 0 Å². The molecule has 29 heteroatoms. The van der Waals surface area contributed by atoms with Gasteiger partial charge in [-0.15, -0.1) is 0 Å². The molecule has 0 unspecified atom stereocenters. The van der Waals surface area contributed by atoms with Crippen LogP contribution in [0, 0.1) is 44.0 Å². The number of carboxylic acids is 1. The maximum atomic E-state index is 13.9. The van der Waals surface area contributed by atoms with Crippen molar-refractivity contribution in [2.75, 3.05) is 21.3 Å². The van der Waals surface area contributed by atoms with E-state index in [0.29, 0.717) is 134 Å². The van der Waals surface area contributed by atoms with Crippen molar-refractivity contribution in [1.29, 1.82) is 0 Å². The van der Waals surface area contributed by atoms with Gasteiger partial charge in [0, 0.05) is 135 Å². The van der Waals surface area contributed by atoms with E-state index in [0.717, 1.165) is 41.1 Å². The number of nitrogens with zero attached hydrogens (tertiary/aromatic N) is 8. The molecule has 4 aliphatic carbocycles. The minimum atomic E-state index is -1.31. The maximum Gasteiger partial charge on any atom is 0.350 e. The molecule has 10 aromatic rings. The Labute approximate surface area is 611 Å². The molecular formula is C74H59Cl5F4N8O12. The molecule has 6 aromatic carbocycles. The van der Waals surface area contributed by atoms with Crippen LogP contribution < -0.4 is 18.9 Å². The Morgan fingerprint density at radius 1 is 0.359 bits per heavy atom. The number of carbonyl (C=O) groups excluding carboxylic acids is 3. The third-order valence-corrected chi connectivity index (χ3v) is 17.7. The van der Waals surface area contributed by atoms with E-state index in [2.05, 4.69) is 39.9 Å². The molecule has 0 amide bonds. The highest BCUT2D eigenvalue weighted by molar-refractivity contribution is 6.31. The van der Waals surface area contributed by atoms with E-state index >= 15 is 0 Å². The Hall–Kier alpha value is -10.1. The fourth-order valence-electron chi connectivity index (χ4n) is 10.2. The Morgan fingerprint density at radius 2 is 0.631 bits per heavy atom. The first-order valence-corrected chi connectivity index (χ1v) is 33.4. The predicted molar refractivity (Wildman–Crippen MR) is 374 cm³/mol. The number of rotatable bonds is 18. The molecule has 14 rings (SSSR count). The maximum absolute atomic E-state index is 13.9. The molecule has 4 heterocycles. The molecule has 0 aliphatic heterocycles. The van der Waals surface area contributed by atoms with Gasteiger partial charge in [0.15, 0.2) is 46.6 Å². The third kappa shape index (κ3) is 17.9. The molecule has 0 saturated heterocycles. The molecule has 4 fully saturated rings. The monoisotopic (exact) mass is 1500 g/mol. The van der Waals surface area contributed by atoms with Crippen LogP contribution in [0.4, 0.5) is 17.6 Å². The molecule has 4 saturated carbocycles. The number of hydrogen-bond donors (Lipinski definition) is 1. The normalized spacial score (nSPS) is 14.7. The van der Waals surface area contributed by atoms with Crippen molar-refractivity contribution < 1.29 is 75.0 Å². The van der Waals surface area contributed by atoms with Crippen LogP contribution in [0.2, 0.25) is 25.2 Å². The van der Waals surface area contributed by atoms with E-state index in [4.69, 9.17) is 91.2 Å². The number of ether oxygens (including phenoxy) is 7. The Balaban J connectivity index is 0.000000139. The molecule has 0 bridgehead atoms. The van der Waals surface area contributed by atoms with E-state index in [9.17, 15) is 41.8 Å². The van der Waals surface area contributed by atoms with Crippen LogP contribution in [0.5, 0.6) is 23.5 Å². The van der Waals surface area contributed by atoms with Crippen molar-refractivity contribution in [2.24, 2.45) is 0 Å². The van der Waals surface area contributed by atoms with E-state index in [-0.39, 0.29) is 40.3 Å². The van der Waals surface area contributed by atoms with E-state index in [1.165, 1.54) is 39.5 Å². The van der Waals surface area contributed by atoms with Gasteiger partial charge >= 0.3 is 23.9 Å². The van der Waals surface area contributed by atoms with Gasteiger partial charge in [0.2, 0.25) is 45.9 Å². The highest BCUT2D eigenvalue weighted by Crippen LogP contribution is 2.45. The second kappa shape index (κ2) is 30.8. The average Bonchev–Trinajstić information content (AvgIpc) is 1.75. The number of carboxylic acid groups (broad SMARTS) is 1. The van der Waals surface area contributed by atoms with Crippen molar-refractivity contribution >= 4 is 81.9 Å². The zero-order valence-electron chi connectivity index (χ0n) is 55.4. The lowest BCUT2D eigenvalue weighted by Gasteiger charge is -2.16. The van der Waals surface area contributed by atoms with Gasteiger partial charge in [-0.1, -0.05) is 58.0 Å². The first kappa shape index (κ1) is 74.1. The summed E-state index contributed by atoms with van der Waals surface area (Å²) in [5.74, 6) is -3.95. The Morgan fingerprint density at radius 3 is 0.932 bits per heavy atom. The number of hydrogen-bond acceptors (Lipinski definition) is 19. The van der Waals surface area contributed by atoms with Crippen LogP contribution in [0.15, 0.2) is 146 Å². The van der Waals surface area contributed by atoms with Crippen LogP contribution in [-0.4, -0.2) is 113 Å². The summed E-state index contributed by atoms with van der Waals surface area (Å²) in [6.45, 7) is 5.13. The Bertz CT molecular complexity index is 4760. The number of methoxy groups -OCH3 is 3. The topological polar surface area (TPSA) is 256 Å². The molecular weight excluding hydrogens is 1450 g/mol. The minimum Gasteiger partial charge on any atom is -0.478 e. The van der Waals surface area contributed by atoms with Crippen molar-refractivity contribution in [1.82, 2.24) is 39.9 Å². The number of aromatic nitrogens is 8. The van der Waals surface area contributed by atoms with Crippen LogP contribution in [-0.2, 0) is 33.4 Å². The SMILES string of the molecule is COC(=O)C1(Oc2cc(-c3cc(F)c(F)cc3C)nc(-c3ccc(Cl)cc3)n2)CC1.COC(=O)C1(Oc2cc(C)nc(-c3ccc(Cl)cc3)n2)CC1.COC(=O)C1(Oc2cc(Cl)nc(-c3ccc(Cl)cc3)n2)CC1.Cc1cc(F)c(F)cc1-c1cc(OC2(C(=O)O)CC2)nc(-c2ccc(Cl)cc2)n1. The second-order valence-electron chi connectivity index (χ2n) is 24.2. The van der Waals surface area contributed by atoms with Gasteiger partial charge < -0.3 is 38.3 Å².